The maximum atomic E-state index is 12.1. The van der Waals surface area contributed by atoms with E-state index in [1.165, 1.54) is 0 Å². The molecule has 2 N–H and O–H groups in total. The number of imidazole rings is 1. The molecule has 0 fully saturated rings. The van der Waals surface area contributed by atoms with E-state index in [4.69, 9.17) is 4.74 Å². The second-order valence-electron chi connectivity index (χ2n) is 4.85. The summed E-state index contributed by atoms with van der Waals surface area (Å²) in [5.74, 6) is 1.64. The topological polar surface area (TPSA) is 67.0 Å². The summed E-state index contributed by atoms with van der Waals surface area (Å²) in [6.07, 6.45) is 5.40. The Morgan fingerprint density at radius 2 is 2.33 bits per heavy atom. The number of benzene rings is 1. The van der Waals surface area contributed by atoms with Gasteiger partial charge in [-0.1, -0.05) is 19.1 Å². The lowest BCUT2D eigenvalue weighted by molar-refractivity contribution is -0.121. The van der Waals surface area contributed by atoms with Gasteiger partial charge in [0.15, 0.2) is 0 Å². The van der Waals surface area contributed by atoms with Crippen LogP contribution in [0.5, 0.6) is 5.75 Å². The number of nitrogens with one attached hydrogen (secondary N) is 2. The van der Waals surface area contributed by atoms with E-state index in [-0.39, 0.29) is 11.9 Å². The van der Waals surface area contributed by atoms with Crippen molar-refractivity contribution in [3.8, 4) is 5.75 Å². The highest BCUT2D eigenvalue weighted by Gasteiger charge is 2.14. The largest absolute Gasteiger partial charge is 0.497 e. The number of hydrogen-bond donors (Lipinski definition) is 2. The van der Waals surface area contributed by atoms with Gasteiger partial charge in [-0.25, -0.2) is 4.98 Å². The molecule has 0 saturated carbocycles. The number of carbonyl (C=O) groups is 1. The van der Waals surface area contributed by atoms with Crippen LogP contribution in [-0.2, 0) is 11.2 Å². The van der Waals surface area contributed by atoms with Gasteiger partial charge in [0.05, 0.1) is 13.2 Å². The molecule has 1 aromatic carbocycles. The van der Waals surface area contributed by atoms with Gasteiger partial charge in [-0.05, 0) is 30.5 Å². The first-order valence-corrected chi connectivity index (χ1v) is 7.14. The molecular weight excluding hydrogens is 266 g/mol. The minimum absolute atomic E-state index is 0.0288. The van der Waals surface area contributed by atoms with Gasteiger partial charge < -0.3 is 15.0 Å². The third-order valence-corrected chi connectivity index (χ3v) is 3.37. The van der Waals surface area contributed by atoms with Crippen molar-refractivity contribution in [2.24, 2.45) is 0 Å². The molecular formula is C16H21N3O2. The molecule has 1 atom stereocenters. The molecule has 0 aliphatic rings. The van der Waals surface area contributed by atoms with E-state index in [9.17, 15) is 4.79 Å². The van der Waals surface area contributed by atoms with Crippen LogP contribution in [0.4, 0.5) is 0 Å². The Morgan fingerprint density at radius 1 is 1.48 bits per heavy atom. The van der Waals surface area contributed by atoms with Crippen molar-refractivity contribution in [1.29, 1.82) is 0 Å². The lowest BCUT2D eigenvalue weighted by Crippen LogP contribution is -2.29. The molecule has 21 heavy (non-hydrogen) atoms. The van der Waals surface area contributed by atoms with Crippen LogP contribution in [-0.4, -0.2) is 23.0 Å². The SMILES string of the molecule is CCC(NC(=O)CCc1cccc(OC)c1)c1ncc[nH]1. The molecule has 0 aliphatic heterocycles. The zero-order valence-electron chi connectivity index (χ0n) is 12.4. The summed E-state index contributed by atoms with van der Waals surface area (Å²) in [5.41, 5.74) is 1.09. The van der Waals surface area contributed by atoms with E-state index in [1.807, 2.05) is 31.2 Å². The Balaban J connectivity index is 1.86. The Kier molecular flexibility index (Phi) is 5.37. The quantitative estimate of drug-likeness (QED) is 0.822. The highest BCUT2D eigenvalue weighted by atomic mass is 16.5. The normalized spacial score (nSPS) is 11.9. The minimum Gasteiger partial charge on any atom is -0.497 e. The fourth-order valence-corrected chi connectivity index (χ4v) is 2.18. The summed E-state index contributed by atoms with van der Waals surface area (Å²) in [4.78, 5) is 19.3. The molecule has 1 aromatic heterocycles. The molecule has 0 spiro atoms. The van der Waals surface area contributed by atoms with Crippen LogP contribution in [0, 0.1) is 0 Å². The maximum Gasteiger partial charge on any atom is 0.220 e. The number of nitrogens with zero attached hydrogens (tertiary/aromatic N) is 1. The van der Waals surface area contributed by atoms with Crippen molar-refractivity contribution in [2.45, 2.75) is 32.2 Å². The van der Waals surface area contributed by atoms with Gasteiger partial charge in [-0.15, -0.1) is 0 Å². The van der Waals surface area contributed by atoms with E-state index >= 15 is 0 Å². The summed E-state index contributed by atoms with van der Waals surface area (Å²) < 4.78 is 5.18. The van der Waals surface area contributed by atoms with E-state index in [0.29, 0.717) is 12.8 Å². The minimum atomic E-state index is -0.0576. The van der Waals surface area contributed by atoms with Gasteiger partial charge in [0.1, 0.15) is 11.6 Å². The van der Waals surface area contributed by atoms with Crippen molar-refractivity contribution >= 4 is 5.91 Å². The number of carbonyl (C=O) groups excluding carboxylic acids is 1. The molecule has 1 heterocycles. The first-order chi connectivity index (χ1) is 10.2. The van der Waals surface area contributed by atoms with Crippen molar-refractivity contribution in [1.82, 2.24) is 15.3 Å². The highest BCUT2D eigenvalue weighted by molar-refractivity contribution is 5.76. The second kappa shape index (κ2) is 7.47. The smallest absolute Gasteiger partial charge is 0.220 e. The Morgan fingerprint density at radius 3 is 3.00 bits per heavy atom. The molecule has 0 bridgehead atoms. The van der Waals surface area contributed by atoms with Gasteiger partial charge >= 0.3 is 0 Å². The third kappa shape index (κ3) is 4.34. The van der Waals surface area contributed by atoms with E-state index in [2.05, 4.69) is 15.3 Å². The Labute approximate surface area is 124 Å². The van der Waals surface area contributed by atoms with Crippen LogP contribution >= 0.6 is 0 Å². The molecule has 0 saturated heterocycles. The number of rotatable bonds is 7. The van der Waals surface area contributed by atoms with E-state index in [0.717, 1.165) is 23.6 Å². The number of ether oxygens (including phenoxy) is 1. The Hall–Kier alpha value is -2.30. The summed E-state index contributed by atoms with van der Waals surface area (Å²) in [6.45, 7) is 2.02. The van der Waals surface area contributed by atoms with Crippen LogP contribution in [0.2, 0.25) is 0 Å². The predicted molar refractivity (Wildman–Crippen MR) is 81.1 cm³/mol. The van der Waals surface area contributed by atoms with Gasteiger partial charge in [0.25, 0.3) is 0 Å². The zero-order chi connectivity index (χ0) is 15.1. The van der Waals surface area contributed by atoms with Gasteiger partial charge in [0, 0.05) is 18.8 Å². The summed E-state index contributed by atoms with van der Waals surface area (Å²) in [7, 11) is 1.64. The van der Waals surface area contributed by atoms with Crippen LogP contribution in [0.15, 0.2) is 36.7 Å². The van der Waals surface area contributed by atoms with Gasteiger partial charge in [-0.2, -0.15) is 0 Å². The summed E-state index contributed by atoms with van der Waals surface area (Å²) >= 11 is 0. The number of amides is 1. The second-order valence-corrected chi connectivity index (χ2v) is 4.85. The average molecular weight is 287 g/mol. The standard InChI is InChI=1S/C16H21N3O2/c1-3-14(16-17-9-10-18-16)19-15(20)8-7-12-5-4-6-13(11-12)21-2/h4-6,9-11,14H,3,7-8H2,1-2H3,(H,17,18)(H,19,20). The number of hydrogen-bond acceptors (Lipinski definition) is 3. The fourth-order valence-electron chi connectivity index (χ4n) is 2.18. The summed E-state index contributed by atoms with van der Waals surface area (Å²) in [6, 6.07) is 7.73. The number of aryl methyl sites for hydroxylation is 1. The molecule has 1 unspecified atom stereocenters. The van der Waals surface area contributed by atoms with E-state index < -0.39 is 0 Å². The number of methoxy groups -OCH3 is 1. The predicted octanol–water partition coefficient (Wildman–Crippen LogP) is 2.62. The Bertz CT molecular complexity index is 567. The first-order valence-electron chi connectivity index (χ1n) is 7.14. The van der Waals surface area contributed by atoms with Crippen molar-refractivity contribution < 1.29 is 9.53 Å². The molecule has 112 valence electrons. The summed E-state index contributed by atoms with van der Waals surface area (Å²) in [5, 5.41) is 3.00. The first kappa shape index (κ1) is 15.1. The van der Waals surface area contributed by atoms with Crippen molar-refractivity contribution in [3.05, 3.63) is 48.0 Å². The number of H-pyrrole nitrogens is 1. The zero-order valence-corrected chi connectivity index (χ0v) is 12.4. The van der Waals surface area contributed by atoms with Crippen LogP contribution in [0.25, 0.3) is 0 Å². The highest BCUT2D eigenvalue weighted by Crippen LogP contribution is 2.15. The van der Waals surface area contributed by atoms with Crippen molar-refractivity contribution in [2.75, 3.05) is 7.11 Å². The maximum absolute atomic E-state index is 12.1. The average Bonchev–Trinajstić information content (AvgIpc) is 3.05. The van der Waals surface area contributed by atoms with Gasteiger partial charge in [0.2, 0.25) is 5.91 Å². The fraction of sp³-hybridized carbons (Fsp3) is 0.375. The van der Waals surface area contributed by atoms with Crippen molar-refractivity contribution in [3.63, 3.8) is 0 Å². The molecule has 2 rings (SSSR count). The molecule has 5 heteroatoms. The molecule has 0 aliphatic carbocycles. The van der Waals surface area contributed by atoms with Crippen LogP contribution in [0.3, 0.4) is 0 Å². The van der Waals surface area contributed by atoms with Crippen LogP contribution in [0.1, 0.15) is 37.2 Å². The van der Waals surface area contributed by atoms with Gasteiger partial charge in [-0.3, -0.25) is 4.79 Å². The molecule has 2 aromatic rings. The number of aromatic amines is 1. The lowest BCUT2D eigenvalue weighted by atomic mass is 10.1. The molecule has 0 radical (unpaired) electrons. The number of aromatic nitrogens is 2. The molecule has 1 amide bonds. The third-order valence-electron chi connectivity index (χ3n) is 3.37. The monoisotopic (exact) mass is 287 g/mol. The van der Waals surface area contributed by atoms with E-state index in [1.54, 1.807) is 19.5 Å². The van der Waals surface area contributed by atoms with Crippen LogP contribution < -0.4 is 10.1 Å². The molecule has 5 nitrogen and oxygen atoms in total. The lowest BCUT2D eigenvalue weighted by Gasteiger charge is -2.14.